The van der Waals surface area contributed by atoms with Crippen molar-refractivity contribution in [3.63, 3.8) is 0 Å². The van der Waals surface area contributed by atoms with E-state index in [4.69, 9.17) is 0 Å². The van der Waals surface area contributed by atoms with E-state index >= 15 is 0 Å². The smallest absolute Gasteiger partial charge is 0.354 e. The van der Waals surface area contributed by atoms with Crippen molar-refractivity contribution in [1.82, 2.24) is 14.8 Å². The Hall–Kier alpha value is -2.49. The van der Waals surface area contributed by atoms with Gasteiger partial charge in [0.25, 0.3) is 6.43 Å². The topological polar surface area (TPSA) is 88.2 Å². The summed E-state index contributed by atoms with van der Waals surface area (Å²) >= 11 is 0. The highest BCUT2D eigenvalue weighted by molar-refractivity contribution is 5.89. The van der Waals surface area contributed by atoms with Crippen LogP contribution in [0.4, 0.5) is 17.6 Å². The summed E-state index contributed by atoms with van der Waals surface area (Å²) in [6.45, 7) is 1.55. The van der Waals surface area contributed by atoms with E-state index in [1.807, 2.05) is 0 Å². The first-order valence-corrected chi connectivity index (χ1v) is 6.84. The number of hydrogen-bond acceptors (Lipinski definition) is 4. The number of aromatic carboxylic acids is 1. The zero-order valence-corrected chi connectivity index (χ0v) is 12.3. The van der Waals surface area contributed by atoms with Gasteiger partial charge < -0.3 is 10.2 Å². The van der Waals surface area contributed by atoms with Crippen LogP contribution in [-0.4, -0.2) is 43.5 Å². The highest BCUT2D eigenvalue weighted by Gasteiger charge is 2.35. The van der Waals surface area contributed by atoms with Gasteiger partial charge in [-0.15, -0.1) is 0 Å². The molecule has 0 spiro atoms. The van der Waals surface area contributed by atoms with Gasteiger partial charge >= 0.3 is 5.97 Å². The van der Waals surface area contributed by atoms with E-state index < -0.39 is 36.3 Å². The van der Waals surface area contributed by atoms with E-state index in [1.165, 1.54) is 6.07 Å². The van der Waals surface area contributed by atoms with E-state index in [0.717, 1.165) is 12.3 Å². The number of carbonyl (C=O) groups is 1. The number of nitrogens with zero attached hydrogens (tertiary/aromatic N) is 3. The molecule has 2 aromatic rings. The lowest BCUT2D eigenvalue weighted by atomic mass is 10.1. The standard InChI is InChI=1S/C14H13F4N3O3/c1-2-7-9(8-4-3-6(15)5-19-8)20-21(10(7)14(23)24)13(18)11(22)12(16)17/h3-5,11-13,22H,2H2,1H3,(H,23,24). The molecule has 0 fully saturated rings. The van der Waals surface area contributed by atoms with Crippen molar-refractivity contribution < 1.29 is 32.6 Å². The van der Waals surface area contributed by atoms with E-state index in [9.17, 15) is 32.6 Å². The molecule has 6 nitrogen and oxygen atoms in total. The van der Waals surface area contributed by atoms with Gasteiger partial charge in [0.2, 0.25) is 6.30 Å². The van der Waals surface area contributed by atoms with Gasteiger partial charge in [-0.3, -0.25) is 4.98 Å². The van der Waals surface area contributed by atoms with Crippen molar-refractivity contribution in [1.29, 1.82) is 0 Å². The third-order valence-corrected chi connectivity index (χ3v) is 3.31. The number of hydrogen-bond donors (Lipinski definition) is 2. The summed E-state index contributed by atoms with van der Waals surface area (Å²) < 4.78 is 52.3. The molecule has 0 amide bonds. The zero-order valence-electron chi connectivity index (χ0n) is 12.3. The number of carboxylic acid groups (broad SMARTS) is 1. The highest BCUT2D eigenvalue weighted by atomic mass is 19.3. The summed E-state index contributed by atoms with van der Waals surface area (Å²) in [6, 6.07) is 2.24. The van der Waals surface area contributed by atoms with E-state index in [-0.39, 0.29) is 28.1 Å². The van der Waals surface area contributed by atoms with Gasteiger partial charge in [0.05, 0.1) is 11.9 Å². The maximum atomic E-state index is 14.1. The first-order chi connectivity index (χ1) is 11.3. The van der Waals surface area contributed by atoms with E-state index in [0.29, 0.717) is 0 Å². The molecule has 0 saturated carbocycles. The first-order valence-electron chi connectivity index (χ1n) is 6.84. The molecule has 0 aromatic carbocycles. The average Bonchev–Trinajstić information content (AvgIpc) is 2.93. The van der Waals surface area contributed by atoms with Crippen LogP contribution in [-0.2, 0) is 6.42 Å². The molecule has 24 heavy (non-hydrogen) atoms. The van der Waals surface area contributed by atoms with Gasteiger partial charge in [0.15, 0.2) is 11.8 Å². The Morgan fingerprint density at radius 1 is 1.33 bits per heavy atom. The monoisotopic (exact) mass is 347 g/mol. The van der Waals surface area contributed by atoms with Gasteiger partial charge in [0, 0.05) is 5.56 Å². The number of rotatable bonds is 6. The number of aliphatic hydroxyl groups excluding tert-OH is 1. The van der Waals surface area contributed by atoms with Crippen molar-refractivity contribution in [3.05, 3.63) is 35.4 Å². The lowest BCUT2D eigenvalue weighted by Gasteiger charge is -2.16. The number of carboxylic acids is 1. The molecule has 0 saturated heterocycles. The number of alkyl halides is 3. The van der Waals surface area contributed by atoms with Gasteiger partial charge in [-0.25, -0.2) is 27.0 Å². The third-order valence-electron chi connectivity index (χ3n) is 3.31. The van der Waals surface area contributed by atoms with Crippen LogP contribution in [0.1, 0.15) is 29.3 Å². The van der Waals surface area contributed by atoms with E-state index in [2.05, 4.69) is 10.1 Å². The van der Waals surface area contributed by atoms with Crippen LogP contribution >= 0.6 is 0 Å². The molecule has 2 unspecified atom stereocenters. The van der Waals surface area contributed by atoms with Gasteiger partial charge in [-0.2, -0.15) is 5.10 Å². The predicted molar refractivity (Wildman–Crippen MR) is 73.9 cm³/mol. The van der Waals surface area contributed by atoms with Gasteiger partial charge in [-0.1, -0.05) is 6.92 Å². The van der Waals surface area contributed by atoms with Crippen molar-refractivity contribution in [2.75, 3.05) is 0 Å². The molecule has 2 N–H and O–H groups in total. The fraction of sp³-hybridized carbons (Fsp3) is 0.357. The maximum absolute atomic E-state index is 14.1. The van der Waals surface area contributed by atoms with Crippen molar-refractivity contribution in [2.45, 2.75) is 32.2 Å². The third kappa shape index (κ3) is 3.23. The van der Waals surface area contributed by atoms with Crippen LogP contribution < -0.4 is 0 Å². The van der Waals surface area contributed by atoms with E-state index in [1.54, 1.807) is 6.92 Å². The molecule has 130 valence electrons. The largest absolute Gasteiger partial charge is 0.477 e. The van der Waals surface area contributed by atoms with Gasteiger partial charge in [-0.05, 0) is 18.6 Å². The second-order valence-corrected chi connectivity index (χ2v) is 4.84. The van der Waals surface area contributed by atoms with Crippen LogP contribution in [0.3, 0.4) is 0 Å². The molecule has 2 heterocycles. The first kappa shape index (κ1) is 17.9. The number of halogens is 4. The maximum Gasteiger partial charge on any atom is 0.354 e. The minimum Gasteiger partial charge on any atom is -0.477 e. The second-order valence-electron chi connectivity index (χ2n) is 4.84. The SMILES string of the molecule is CCc1c(-c2ccc(F)cn2)nn(C(F)C(O)C(F)F)c1C(=O)O. The van der Waals surface area contributed by atoms with Crippen LogP contribution in [0.2, 0.25) is 0 Å². The summed E-state index contributed by atoms with van der Waals surface area (Å²) in [5, 5.41) is 22.2. The second kappa shape index (κ2) is 6.95. The fourth-order valence-corrected chi connectivity index (χ4v) is 2.20. The molecule has 10 heteroatoms. The van der Waals surface area contributed by atoms with Crippen molar-refractivity contribution in [3.8, 4) is 11.4 Å². The Morgan fingerprint density at radius 3 is 2.46 bits per heavy atom. The lowest BCUT2D eigenvalue weighted by molar-refractivity contribution is -0.0762. The Labute approximate surface area is 133 Å². The Morgan fingerprint density at radius 2 is 2.00 bits per heavy atom. The van der Waals surface area contributed by atoms with Crippen LogP contribution in [0, 0.1) is 5.82 Å². The minimum atomic E-state index is -3.43. The Kier molecular flexibility index (Phi) is 5.17. The fourth-order valence-electron chi connectivity index (χ4n) is 2.20. The zero-order chi connectivity index (χ0) is 18.0. The quantitative estimate of drug-likeness (QED) is 0.784. The molecule has 0 aliphatic rings. The Balaban J connectivity index is 2.63. The summed E-state index contributed by atoms with van der Waals surface area (Å²) in [6.07, 6.45) is -8.01. The summed E-state index contributed by atoms with van der Waals surface area (Å²) in [7, 11) is 0. The number of aromatic nitrogens is 3. The number of aliphatic hydroxyl groups is 1. The van der Waals surface area contributed by atoms with Crippen LogP contribution in [0.5, 0.6) is 0 Å². The van der Waals surface area contributed by atoms with Crippen LogP contribution in [0.15, 0.2) is 18.3 Å². The summed E-state index contributed by atoms with van der Waals surface area (Å²) in [4.78, 5) is 15.2. The van der Waals surface area contributed by atoms with Crippen molar-refractivity contribution in [2.24, 2.45) is 0 Å². The molecule has 0 aliphatic heterocycles. The van der Waals surface area contributed by atoms with Gasteiger partial charge in [0.1, 0.15) is 11.5 Å². The lowest BCUT2D eigenvalue weighted by Crippen LogP contribution is -2.30. The normalized spacial score (nSPS) is 14.0. The summed E-state index contributed by atoms with van der Waals surface area (Å²) in [5.74, 6) is -2.25. The highest BCUT2D eigenvalue weighted by Crippen LogP contribution is 2.29. The minimum absolute atomic E-state index is 0.0331. The molecule has 0 bridgehead atoms. The molecule has 2 rings (SSSR count). The molecular weight excluding hydrogens is 334 g/mol. The molecule has 0 aliphatic carbocycles. The molecule has 0 radical (unpaired) electrons. The Bertz CT molecular complexity index is 734. The average molecular weight is 347 g/mol. The molecule has 2 aromatic heterocycles. The summed E-state index contributed by atoms with van der Waals surface area (Å²) in [5.41, 5.74) is -0.677. The predicted octanol–water partition coefficient (Wildman–Crippen LogP) is 2.44. The van der Waals surface area contributed by atoms with Crippen molar-refractivity contribution >= 4 is 5.97 Å². The number of pyridine rings is 1. The van der Waals surface area contributed by atoms with Crippen LogP contribution in [0.25, 0.3) is 11.4 Å². The molecule has 2 atom stereocenters. The molecular formula is C14H13F4N3O3.